The first-order valence-corrected chi connectivity index (χ1v) is 5.12. The number of carbonyl (C=O) groups is 2. The molecule has 2 heterocycles. The second kappa shape index (κ2) is 3.90. The standard InChI is InChI=1S/C10H15NO4/c1-14-10(3-5-15-7-10)9(13)11-4-2-8(12)6-11/h2-7H2,1H3. The molecule has 0 aromatic heterocycles. The van der Waals surface area contributed by atoms with Gasteiger partial charge in [0.05, 0.1) is 19.8 Å². The molecule has 15 heavy (non-hydrogen) atoms. The highest BCUT2D eigenvalue weighted by molar-refractivity contribution is 5.93. The van der Waals surface area contributed by atoms with E-state index >= 15 is 0 Å². The summed E-state index contributed by atoms with van der Waals surface area (Å²) in [6, 6.07) is 0. The minimum Gasteiger partial charge on any atom is -0.378 e. The molecule has 2 aliphatic heterocycles. The molecule has 0 aromatic carbocycles. The Bertz CT molecular complexity index is 283. The minimum absolute atomic E-state index is 0.103. The first-order chi connectivity index (χ1) is 7.18. The fraction of sp³-hybridized carbons (Fsp3) is 0.800. The van der Waals surface area contributed by atoms with E-state index in [1.54, 1.807) is 4.90 Å². The zero-order valence-electron chi connectivity index (χ0n) is 8.82. The summed E-state index contributed by atoms with van der Waals surface area (Å²) < 4.78 is 10.5. The van der Waals surface area contributed by atoms with Crippen LogP contribution in [0.15, 0.2) is 0 Å². The first kappa shape index (κ1) is 10.6. The van der Waals surface area contributed by atoms with Crippen LogP contribution in [0, 0.1) is 0 Å². The number of nitrogens with zero attached hydrogens (tertiary/aromatic N) is 1. The van der Waals surface area contributed by atoms with Crippen molar-refractivity contribution in [1.29, 1.82) is 0 Å². The molecule has 0 spiro atoms. The summed E-state index contributed by atoms with van der Waals surface area (Å²) in [5, 5.41) is 0. The highest BCUT2D eigenvalue weighted by Gasteiger charge is 2.46. The second-order valence-corrected chi connectivity index (χ2v) is 4.02. The number of carbonyl (C=O) groups excluding carboxylic acids is 2. The van der Waals surface area contributed by atoms with Crippen LogP contribution in [-0.4, -0.2) is 55.6 Å². The fourth-order valence-corrected chi connectivity index (χ4v) is 2.06. The summed E-state index contributed by atoms with van der Waals surface area (Å²) in [5.41, 5.74) is -0.843. The van der Waals surface area contributed by atoms with E-state index in [4.69, 9.17) is 9.47 Å². The third kappa shape index (κ3) is 1.77. The molecular weight excluding hydrogens is 198 g/mol. The number of rotatable bonds is 2. The quantitative estimate of drug-likeness (QED) is 0.626. The number of hydrogen-bond acceptors (Lipinski definition) is 4. The Morgan fingerprint density at radius 2 is 2.40 bits per heavy atom. The molecule has 0 saturated carbocycles. The molecule has 84 valence electrons. The molecule has 5 heteroatoms. The predicted octanol–water partition coefficient (Wildman–Crippen LogP) is -0.407. The number of hydrogen-bond donors (Lipinski definition) is 0. The molecule has 2 aliphatic rings. The normalized spacial score (nSPS) is 31.3. The van der Waals surface area contributed by atoms with Gasteiger partial charge in [-0.25, -0.2) is 0 Å². The minimum atomic E-state index is -0.843. The van der Waals surface area contributed by atoms with Crippen molar-refractivity contribution in [2.24, 2.45) is 0 Å². The molecule has 0 bridgehead atoms. The SMILES string of the molecule is COC1(C(=O)N2CCC(=O)C2)CCOC1. The Labute approximate surface area is 88.3 Å². The summed E-state index contributed by atoms with van der Waals surface area (Å²) in [6.45, 7) is 1.58. The van der Waals surface area contributed by atoms with Crippen LogP contribution >= 0.6 is 0 Å². The van der Waals surface area contributed by atoms with Crippen LogP contribution < -0.4 is 0 Å². The van der Waals surface area contributed by atoms with Gasteiger partial charge in [-0.1, -0.05) is 0 Å². The van der Waals surface area contributed by atoms with Crippen LogP contribution in [0.4, 0.5) is 0 Å². The van der Waals surface area contributed by atoms with Crippen molar-refractivity contribution in [2.75, 3.05) is 33.4 Å². The summed E-state index contributed by atoms with van der Waals surface area (Å²) in [7, 11) is 1.52. The molecule has 5 nitrogen and oxygen atoms in total. The Morgan fingerprint density at radius 3 is 2.87 bits per heavy atom. The highest BCUT2D eigenvalue weighted by atomic mass is 16.6. The van der Waals surface area contributed by atoms with Crippen LogP contribution in [0.1, 0.15) is 12.8 Å². The van der Waals surface area contributed by atoms with Crippen molar-refractivity contribution in [3.05, 3.63) is 0 Å². The van der Waals surface area contributed by atoms with Crippen molar-refractivity contribution in [3.8, 4) is 0 Å². The monoisotopic (exact) mass is 213 g/mol. The van der Waals surface area contributed by atoms with Crippen molar-refractivity contribution < 1.29 is 19.1 Å². The third-order valence-electron chi connectivity index (χ3n) is 3.08. The van der Waals surface area contributed by atoms with Gasteiger partial charge in [0, 0.05) is 26.5 Å². The third-order valence-corrected chi connectivity index (χ3v) is 3.08. The van der Waals surface area contributed by atoms with E-state index in [9.17, 15) is 9.59 Å². The van der Waals surface area contributed by atoms with E-state index in [2.05, 4.69) is 0 Å². The van der Waals surface area contributed by atoms with Crippen molar-refractivity contribution in [1.82, 2.24) is 4.90 Å². The van der Waals surface area contributed by atoms with Gasteiger partial charge in [-0.15, -0.1) is 0 Å². The number of Topliss-reactive ketones (excluding diaryl/α,β-unsaturated/α-hetero) is 1. The van der Waals surface area contributed by atoms with Gasteiger partial charge in [-0.05, 0) is 0 Å². The smallest absolute Gasteiger partial charge is 0.257 e. The van der Waals surface area contributed by atoms with Gasteiger partial charge >= 0.3 is 0 Å². The molecular formula is C10H15NO4. The van der Waals surface area contributed by atoms with Gasteiger partial charge < -0.3 is 14.4 Å². The average Bonchev–Trinajstić information content (AvgIpc) is 2.86. The van der Waals surface area contributed by atoms with Crippen molar-refractivity contribution in [2.45, 2.75) is 18.4 Å². The zero-order valence-corrected chi connectivity index (χ0v) is 8.82. The topological polar surface area (TPSA) is 55.8 Å². The number of likely N-dealkylation sites (tertiary alicyclic amines) is 1. The average molecular weight is 213 g/mol. The summed E-state index contributed by atoms with van der Waals surface area (Å²) >= 11 is 0. The Morgan fingerprint density at radius 1 is 1.60 bits per heavy atom. The molecule has 0 aromatic rings. The van der Waals surface area contributed by atoms with E-state index in [1.807, 2.05) is 0 Å². The van der Waals surface area contributed by atoms with Crippen LogP contribution in [0.25, 0.3) is 0 Å². The molecule has 2 saturated heterocycles. The number of amides is 1. The molecule has 0 N–H and O–H groups in total. The Kier molecular flexibility index (Phi) is 2.75. The molecule has 0 radical (unpaired) electrons. The Balaban J connectivity index is 2.08. The summed E-state index contributed by atoms with van der Waals surface area (Å²) in [5.74, 6) is 0.0156. The maximum Gasteiger partial charge on any atom is 0.257 e. The lowest BCUT2D eigenvalue weighted by molar-refractivity contribution is -0.154. The van der Waals surface area contributed by atoms with Gasteiger partial charge in [0.2, 0.25) is 0 Å². The van der Waals surface area contributed by atoms with Gasteiger partial charge in [0.25, 0.3) is 5.91 Å². The van der Waals surface area contributed by atoms with Gasteiger partial charge in [-0.3, -0.25) is 9.59 Å². The van der Waals surface area contributed by atoms with Crippen LogP contribution in [0.2, 0.25) is 0 Å². The van der Waals surface area contributed by atoms with Gasteiger partial charge in [-0.2, -0.15) is 0 Å². The largest absolute Gasteiger partial charge is 0.378 e. The maximum atomic E-state index is 12.1. The van der Waals surface area contributed by atoms with E-state index in [0.717, 1.165) is 0 Å². The predicted molar refractivity (Wildman–Crippen MR) is 51.4 cm³/mol. The van der Waals surface area contributed by atoms with Gasteiger partial charge in [0.1, 0.15) is 0 Å². The first-order valence-electron chi connectivity index (χ1n) is 5.12. The van der Waals surface area contributed by atoms with E-state index in [0.29, 0.717) is 32.6 Å². The number of ether oxygens (including phenoxy) is 2. The zero-order chi connectivity index (χ0) is 10.9. The molecule has 2 fully saturated rings. The highest BCUT2D eigenvalue weighted by Crippen LogP contribution is 2.26. The summed E-state index contributed by atoms with van der Waals surface area (Å²) in [6.07, 6.45) is 1.04. The molecule has 0 aliphatic carbocycles. The van der Waals surface area contributed by atoms with Crippen LogP contribution in [0.3, 0.4) is 0 Å². The molecule has 2 rings (SSSR count). The fourth-order valence-electron chi connectivity index (χ4n) is 2.06. The number of ketones is 1. The van der Waals surface area contributed by atoms with Crippen LogP contribution in [-0.2, 0) is 19.1 Å². The van der Waals surface area contributed by atoms with Crippen molar-refractivity contribution in [3.63, 3.8) is 0 Å². The molecule has 1 unspecified atom stereocenters. The summed E-state index contributed by atoms with van der Waals surface area (Å²) in [4.78, 5) is 24.8. The van der Waals surface area contributed by atoms with Crippen molar-refractivity contribution >= 4 is 11.7 Å². The van der Waals surface area contributed by atoms with E-state index < -0.39 is 5.60 Å². The maximum absolute atomic E-state index is 12.1. The Hall–Kier alpha value is -0.940. The van der Waals surface area contributed by atoms with E-state index in [1.165, 1.54) is 7.11 Å². The lowest BCUT2D eigenvalue weighted by Crippen LogP contribution is -2.50. The lowest BCUT2D eigenvalue weighted by atomic mass is 10.0. The van der Waals surface area contributed by atoms with Gasteiger partial charge in [0.15, 0.2) is 11.4 Å². The molecule has 1 amide bonds. The lowest BCUT2D eigenvalue weighted by Gasteiger charge is -2.28. The van der Waals surface area contributed by atoms with E-state index in [-0.39, 0.29) is 18.2 Å². The number of methoxy groups -OCH3 is 1. The molecule has 1 atom stereocenters. The van der Waals surface area contributed by atoms with Crippen LogP contribution in [0.5, 0.6) is 0 Å². The second-order valence-electron chi connectivity index (χ2n) is 4.02.